The number of hydrogen-bond acceptors (Lipinski definition) is 5. The molecule has 8 nitrogen and oxygen atoms in total. The lowest BCUT2D eigenvalue weighted by atomic mass is 10.0. The van der Waals surface area contributed by atoms with Gasteiger partial charge < -0.3 is 14.4 Å². The van der Waals surface area contributed by atoms with Crippen LogP contribution in [0.2, 0.25) is 0 Å². The number of halogens is 1. The first-order valence-electron chi connectivity index (χ1n) is 10.5. The van der Waals surface area contributed by atoms with Crippen LogP contribution in [0.15, 0.2) is 53.7 Å². The molecule has 1 N–H and O–H groups in total. The maximum absolute atomic E-state index is 14.6. The van der Waals surface area contributed by atoms with E-state index in [1.807, 2.05) is 6.07 Å². The standard InChI is InChI=1S/C23H24FN3O5S/c1-15(2)32-17-5-6-21(20(24)12-17)33(30,31)27-10-7-16(8-11-27)19-13-26(14-22(28)29)23-18(19)4-3-9-25-23/h3-7,9,12-13,15H,8,10-11,14H2,1-2H3,(H,28,29). The van der Waals surface area contributed by atoms with Gasteiger partial charge in [0.1, 0.15) is 28.7 Å². The minimum absolute atomic E-state index is 0.0766. The van der Waals surface area contributed by atoms with Crippen LogP contribution in [0, 0.1) is 5.82 Å². The van der Waals surface area contributed by atoms with Gasteiger partial charge in [0.25, 0.3) is 0 Å². The highest BCUT2D eigenvalue weighted by atomic mass is 32.2. The van der Waals surface area contributed by atoms with Crippen molar-refractivity contribution in [1.29, 1.82) is 0 Å². The van der Waals surface area contributed by atoms with Gasteiger partial charge in [0.15, 0.2) is 0 Å². The molecular weight excluding hydrogens is 449 g/mol. The third kappa shape index (κ3) is 4.62. The van der Waals surface area contributed by atoms with E-state index >= 15 is 0 Å². The third-order valence-electron chi connectivity index (χ3n) is 5.35. The summed E-state index contributed by atoms with van der Waals surface area (Å²) in [6, 6.07) is 7.39. The lowest BCUT2D eigenvalue weighted by molar-refractivity contribution is -0.137. The van der Waals surface area contributed by atoms with Crippen molar-refractivity contribution < 1.29 is 27.4 Å². The summed E-state index contributed by atoms with van der Waals surface area (Å²) in [4.78, 5) is 15.1. The Morgan fingerprint density at radius 2 is 2.09 bits per heavy atom. The number of carboxylic acid groups (broad SMARTS) is 1. The maximum atomic E-state index is 14.6. The van der Waals surface area contributed by atoms with Gasteiger partial charge in [-0.15, -0.1) is 0 Å². The number of benzene rings is 1. The summed E-state index contributed by atoms with van der Waals surface area (Å²) in [5, 5.41) is 9.98. The normalized spacial score (nSPS) is 15.1. The largest absolute Gasteiger partial charge is 0.491 e. The third-order valence-corrected chi connectivity index (χ3v) is 7.25. The molecule has 0 bridgehead atoms. The summed E-state index contributed by atoms with van der Waals surface area (Å²) in [6.45, 7) is 3.62. The average molecular weight is 474 g/mol. The molecule has 0 aliphatic carbocycles. The second kappa shape index (κ2) is 8.95. The van der Waals surface area contributed by atoms with Crippen molar-refractivity contribution in [3.05, 3.63) is 60.2 Å². The fraction of sp³-hybridized carbons (Fsp3) is 0.304. The Hall–Kier alpha value is -3.24. The molecule has 0 atom stereocenters. The number of hydrogen-bond donors (Lipinski definition) is 1. The zero-order valence-electron chi connectivity index (χ0n) is 18.2. The number of ether oxygens (including phenoxy) is 1. The molecule has 174 valence electrons. The smallest absolute Gasteiger partial charge is 0.323 e. The van der Waals surface area contributed by atoms with Crippen LogP contribution < -0.4 is 4.74 Å². The Bertz CT molecular complexity index is 1350. The van der Waals surface area contributed by atoms with Crippen molar-refractivity contribution in [2.75, 3.05) is 13.1 Å². The van der Waals surface area contributed by atoms with E-state index in [0.29, 0.717) is 12.1 Å². The molecule has 1 aliphatic rings. The highest BCUT2D eigenvalue weighted by Gasteiger charge is 2.30. The van der Waals surface area contributed by atoms with Crippen LogP contribution in [0.4, 0.5) is 4.39 Å². The van der Waals surface area contributed by atoms with Crippen LogP contribution >= 0.6 is 0 Å². The number of aliphatic carboxylic acids is 1. The molecule has 10 heteroatoms. The quantitative estimate of drug-likeness (QED) is 0.563. The van der Waals surface area contributed by atoms with E-state index in [4.69, 9.17) is 4.74 Å². The van der Waals surface area contributed by atoms with Crippen LogP contribution in [0.1, 0.15) is 25.8 Å². The number of pyridine rings is 1. The summed E-state index contributed by atoms with van der Waals surface area (Å²) < 4.78 is 49.0. The first-order chi connectivity index (χ1) is 15.7. The summed E-state index contributed by atoms with van der Waals surface area (Å²) in [7, 11) is -4.03. The van der Waals surface area contributed by atoms with Gasteiger partial charge in [0, 0.05) is 42.5 Å². The summed E-state index contributed by atoms with van der Waals surface area (Å²) in [6.07, 6.45) is 5.35. The fourth-order valence-corrected chi connectivity index (χ4v) is 5.36. The van der Waals surface area contributed by atoms with Gasteiger partial charge in [-0.3, -0.25) is 4.79 Å². The first-order valence-corrected chi connectivity index (χ1v) is 11.9. The first kappa shape index (κ1) is 22.9. The van der Waals surface area contributed by atoms with Crippen molar-refractivity contribution in [3.63, 3.8) is 0 Å². The molecule has 0 radical (unpaired) electrons. The number of rotatable bonds is 7. The highest BCUT2D eigenvalue weighted by molar-refractivity contribution is 7.89. The fourth-order valence-electron chi connectivity index (χ4n) is 3.93. The zero-order valence-corrected chi connectivity index (χ0v) is 19.0. The minimum Gasteiger partial charge on any atom is -0.491 e. The second-order valence-electron chi connectivity index (χ2n) is 8.04. The Morgan fingerprint density at radius 1 is 1.30 bits per heavy atom. The molecule has 0 unspecified atom stereocenters. The summed E-state index contributed by atoms with van der Waals surface area (Å²) in [5.41, 5.74) is 2.26. The second-order valence-corrected chi connectivity index (χ2v) is 9.95. The van der Waals surface area contributed by atoms with Crippen molar-refractivity contribution in [1.82, 2.24) is 13.9 Å². The van der Waals surface area contributed by atoms with Gasteiger partial charge in [0.2, 0.25) is 10.0 Å². The van der Waals surface area contributed by atoms with E-state index in [1.165, 1.54) is 16.4 Å². The van der Waals surface area contributed by atoms with Gasteiger partial charge in [0.05, 0.1) is 6.10 Å². The van der Waals surface area contributed by atoms with E-state index in [1.54, 1.807) is 43.0 Å². The van der Waals surface area contributed by atoms with Crippen LogP contribution in [0.5, 0.6) is 5.75 Å². The van der Waals surface area contributed by atoms with E-state index in [-0.39, 0.29) is 31.5 Å². The van der Waals surface area contributed by atoms with Crippen LogP contribution in [-0.2, 0) is 21.4 Å². The Kier molecular flexibility index (Phi) is 6.22. The van der Waals surface area contributed by atoms with Crippen molar-refractivity contribution in [2.24, 2.45) is 0 Å². The molecular formula is C23H24FN3O5S. The lowest BCUT2D eigenvalue weighted by Crippen LogP contribution is -2.35. The number of carbonyl (C=O) groups is 1. The molecule has 0 amide bonds. The molecule has 0 saturated carbocycles. The lowest BCUT2D eigenvalue weighted by Gasteiger charge is -2.26. The van der Waals surface area contributed by atoms with Crippen molar-refractivity contribution in [2.45, 2.75) is 37.8 Å². The van der Waals surface area contributed by atoms with Gasteiger partial charge >= 0.3 is 5.97 Å². The average Bonchev–Trinajstić information content (AvgIpc) is 3.11. The van der Waals surface area contributed by atoms with Crippen molar-refractivity contribution >= 4 is 32.6 Å². The van der Waals surface area contributed by atoms with Gasteiger partial charge in [-0.2, -0.15) is 4.31 Å². The molecule has 3 heterocycles. The van der Waals surface area contributed by atoms with Crippen LogP contribution in [0.25, 0.3) is 16.6 Å². The molecule has 0 fully saturated rings. The SMILES string of the molecule is CC(C)Oc1ccc(S(=O)(=O)N2CC=C(c3cn(CC(=O)O)c4ncccc34)CC2)c(F)c1. The van der Waals surface area contributed by atoms with Gasteiger partial charge in [-0.25, -0.2) is 17.8 Å². The number of fused-ring (bicyclic) bond motifs is 1. The minimum atomic E-state index is -4.03. The molecule has 1 aliphatic heterocycles. The monoisotopic (exact) mass is 473 g/mol. The molecule has 3 aromatic rings. The summed E-state index contributed by atoms with van der Waals surface area (Å²) in [5.74, 6) is -1.56. The molecule has 0 saturated heterocycles. The number of carboxylic acids is 1. The molecule has 0 spiro atoms. The highest BCUT2D eigenvalue weighted by Crippen LogP contribution is 2.32. The van der Waals surface area contributed by atoms with Gasteiger partial charge in [-0.1, -0.05) is 6.08 Å². The molecule has 2 aromatic heterocycles. The number of sulfonamides is 1. The number of aromatic nitrogens is 2. The Balaban J connectivity index is 1.60. The zero-order chi connectivity index (χ0) is 23.8. The maximum Gasteiger partial charge on any atom is 0.323 e. The van der Waals surface area contributed by atoms with E-state index < -0.39 is 26.7 Å². The Morgan fingerprint density at radius 3 is 2.73 bits per heavy atom. The van der Waals surface area contributed by atoms with E-state index in [2.05, 4.69) is 4.98 Å². The summed E-state index contributed by atoms with van der Waals surface area (Å²) >= 11 is 0. The van der Waals surface area contributed by atoms with E-state index in [0.717, 1.165) is 22.6 Å². The predicted molar refractivity (Wildman–Crippen MR) is 121 cm³/mol. The molecule has 1 aromatic carbocycles. The molecule has 4 rings (SSSR count). The van der Waals surface area contributed by atoms with Crippen molar-refractivity contribution in [3.8, 4) is 5.75 Å². The topological polar surface area (TPSA) is 102 Å². The number of nitrogens with zero attached hydrogens (tertiary/aromatic N) is 3. The van der Waals surface area contributed by atoms with Gasteiger partial charge in [-0.05, 0) is 50.1 Å². The molecule has 33 heavy (non-hydrogen) atoms. The van der Waals surface area contributed by atoms with E-state index in [9.17, 15) is 22.7 Å². The Labute approximate surface area is 191 Å². The van der Waals surface area contributed by atoms with Crippen LogP contribution in [0.3, 0.4) is 0 Å². The predicted octanol–water partition coefficient (Wildman–Crippen LogP) is 3.53. The van der Waals surface area contributed by atoms with Crippen LogP contribution in [-0.4, -0.2) is 52.5 Å².